The van der Waals surface area contributed by atoms with Gasteiger partial charge in [-0.15, -0.1) is 0 Å². The summed E-state index contributed by atoms with van der Waals surface area (Å²) in [4.78, 5) is 31.4. The summed E-state index contributed by atoms with van der Waals surface area (Å²) in [5.74, 6) is 1.58. The maximum atomic E-state index is 12.8. The van der Waals surface area contributed by atoms with Gasteiger partial charge in [0.25, 0.3) is 0 Å². The highest BCUT2D eigenvalue weighted by Crippen LogP contribution is 2.37. The van der Waals surface area contributed by atoms with Crippen LogP contribution in [0.5, 0.6) is 0 Å². The summed E-state index contributed by atoms with van der Waals surface area (Å²) in [6, 6.07) is 0.569. The minimum atomic E-state index is 0.284. The van der Waals surface area contributed by atoms with Crippen LogP contribution >= 0.6 is 0 Å². The maximum Gasteiger partial charge on any atom is 0.222 e. The summed E-state index contributed by atoms with van der Waals surface area (Å²) in [6.07, 6.45) is 5.33. The van der Waals surface area contributed by atoms with Gasteiger partial charge in [-0.05, 0) is 58.7 Å². The van der Waals surface area contributed by atoms with Gasteiger partial charge in [0.15, 0.2) is 0 Å². The highest BCUT2D eigenvalue weighted by atomic mass is 16.2. The fourth-order valence-corrected chi connectivity index (χ4v) is 4.61. The lowest BCUT2D eigenvalue weighted by Gasteiger charge is -2.47. The predicted molar refractivity (Wildman–Crippen MR) is 102 cm³/mol. The Morgan fingerprint density at radius 3 is 2.64 bits per heavy atom. The van der Waals surface area contributed by atoms with Crippen LogP contribution in [-0.2, 0) is 9.59 Å². The van der Waals surface area contributed by atoms with E-state index >= 15 is 0 Å². The first-order valence-electron chi connectivity index (χ1n) is 10.1. The number of piperidine rings is 1. The highest BCUT2D eigenvalue weighted by Gasteiger charge is 2.39. The van der Waals surface area contributed by atoms with E-state index in [4.69, 9.17) is 0 Å². The normalized spacial score (nSPS) is 27.4. The quantitative estimate of drug-likeness (QED) is 0.673. The summed E-state index contributed by atoms with van der Waals surface area (Å²) in [6.45, 7) is 8.90. The van der Waals surface area contributed by atoms with Crippen molar-refractivity contribution in [1.29, 1.82) is 0 Å². The van der Waals surface area contributed by atoms with Gasteiger partial charge in [0.2, 0.25) is 5.91 Å². The van der Waals surface area contributed by atoms with Crippen LogP contribution in [0.4, 0.5) is 0 Å². The Hall–Kier alpha value is -0.940. The molecule has 1 saturated heterocycles. The van der Waals surface area contributed by atoms with Crippen molar-refractivity contribution in [2.75, 3.05) is 46.8 Å². The first-order valence-corrected chi connectivity index (χ1v) is 10.1. The second kappa shape index (κ2) is 9.67. The van der Waals surface area contributed by atoms with Crippen LogP contribution in [0, 0.1) is 11.8 Å². The van der Waals surface area contributed by atoms with Gasteiger partial charge >= 0.3 is 0 Å². The summed E-state index contributed by atoms with van der Waals surface area (Å²) in [5.41, 5.74) is 0. The van der Waals surface area contributed by atoms with E-state index in [9.17, 15) is 9.59 Å². The summed E-state index contributed by atoms with van der Waals surface area (Å²) in [7, 11) is 4.09. The van der Waals surface area contributed by atoms with Gasteiger partial charge in [-0.1, -0.05) is 6.92 Å². The topological polar surface area (TPSA) is 43.9 Å². The van der Waals surface area contributed by atoms with Gasteiger partial charge in [-0.2, -0.15) is 0 Å². The largest absolute Gasteiger partial charge is 0.342 e. The molecule has 0 aromatic carbocycles. The number of carbonyl (C=O) groups excluding carboxylic acids is 2. The molecule has 5 nitrogen and oxygen atoms in total. The summed E-state index contributed by atoms with van der Waals surface area (Å²) in [5, 5.41) is 0. The Bertz CT molecular complexity index is 452. The Labute approximate surface area is 153 Å². The van der Waals surface area contributed by atoms with Gasteiger partial charge in [0.1, 0.15) is 5.78 Å². The van der Waals surface area contributed by atoms with Crippen molar-refractivity contribution < 1.29 is 9.59 Å². The molecule has 2 fully saturated rings. The fraction of sp³-hybridized carbons (Fsp3) is 0.900. The van der Waals surface area contributed by atoms with Crippen molar-refractivity contribution >= 4 is 11.7 Å². The number of likely N-dealkylation sites (N-methyl/N-ethyl adjacent to an activating group) is 2. The molecular formula is C20H37N3O2. The van der Waals surface area contributed by atoms with Crippen LogP contribution in [0.25, 0.3) is 0 Å². The number of amides is 1. The van der Waals surface area contributed by atoms with Crippen LogP contribution in [0.1, 0.15) is 52.4 Å². The Kier molecular flexibility index (Phi) is 7.88. The van der Waals surface area contributed by atoms with Crippen molar-refractivity contribution in [1.82, 2.24) is 14.7 Å². The second-order valence-corrected chi connectivity index (χ2v) is 8.19. The maximum absolute atomic E-state index is 12.8. The van der Waals surface area contributed by atoms with E-state index in [0.29, 0.717) is 30.1 Å². The van der Waals surface area contributed by atoms with Gasteiger partial charge in [0, 0.05) is 51.5 Å². The number of fused-ring (bicyclic) bond motifs is 1. The van der Waals surface area contributed by atoms with Crippen LogP contribution in [0.2, 0.25) is 0 Å². The van der Waals surface area contributed by atoms with E-state index < -0.39 is 0 Å². The Balaban J connectivity index is 1.95. The van der Waals surface area contributed by atoms with Crippen molar-refractivity contribution in [2.24, 2.45) is 11.8 Å². The molecule has 25 heavy (non-hydrogen) atoms. The van der Waals surface area contributed by atoms with Gasteiger partial charge in [0.05, 0.1) is 0 Å². The van der Waals surface area contributed by atoms with Gasteiger partial charge in [-0.3, -0.25) is 14.5 Å². The molecule has 2 rings (SSSR count). The number of hydrogen-bond donors (Lipinski definition) is 0. The molecule has 144 valence electrons. The fourth-order valence-electron chi connectivity index (χ4n) is 4.61. The number of rotatable bonds is 8. The molecule has 0 spiro atoms. The van der Waals surface area contributed by atoms with E-state index in [2.05, 4.69) is 23.6 Å². The number of likely N-dealkylation sites (tertiary alicyclic amines) is 1. The molecule has 0 bridgehead atoms. The number of carbonyl (C=O) groups is 2. The predicted octanol–water partition coefficient (Wildman–Crippen LogP) is 2.26. The van der Waals surface area contributed by atoms with Crippen LogP contribution < -0.4 is 0 Å². The molecule has 1 amide bonds. The molecular weight excluding hydrogens is 314 g/mol. The molecule has 0 unspecified atom stereocenters. The number of Topliss-reactive ketones (excluding diaryl/α,β-unsaturated/α-hetero) is 1. The summed E-state index contributed by atoms with van der Waals surface area (Å²) >= 11 is 0. The van der Waals surface area contributed by atoms with E-state index in [0.717, 1.165) is 64.8 Å². The van der Waals surface area contributed by atoms with Crippen molar-refractivity contribution in [3.05, 3.63) is 0 Å². The molecule has 0 radical (unpaired) electrons. The van der Waals surface area contributed by atoms with Gasteiger partial charge < -0.3 is 9.80 Å². The van der Waals surface area contributed by atoms with E-state index in [1.165, 1.54) is 0 Å². The molecule has 0 aromatic rings. The van der Waals surface area contributed by atoms with Crippen LogP contribution in [-0.4, -0.2) is 79.3 Å². The van der Waals surface area contributed by atoms with Gasteiger partial charge in [-0.25, -0.2) is 0 Å². The molecule has 2 aliphatic rings. The molecule has 0 aromatic heterocycles. The van der Waals surface area contributed by atoms with E-state index in [1.54, 1.807) is 0 Å². The lowest BCUT2D eigenvalue weighted by atomic mass is 9.73. The van der Waals surface area contributed by atoms with Crippen molar-refractivity contribution in [2.45, 2.75) is 58.4 Å². The minimum absolute atomic E-state index is 0.284. The second-order valence-electron chi connectivity index (χ2n) is 8.19. The molecule has 3 atom stereocenters. The lowest BCUT2D eigenvalue weighted by Crippen LogP contribution is -2.52. The average Bonchev–Trinajstić information content (AvgIpc) is 2.55. The van der Waals surface area contributed by atoms with E-state index in [1.807, 2.05) is 19.0 Å². The zero-order chi connectivity index (χ0) is 18.4. The first kappa shape index (κ1) is 20.4. The zero-order valence-corrected chi connectivity index (χ0v) is 16.7. The standard InChI is InChI=1S/C20H37N3O2/c1-5-9-23-15-16(12-17-14-18(24)7-8-19(17)23)13-20(25)22(6-2)11-10-21(3)4/h16-17,19H,5-15H2,1-4H3/t16-,17-,19-/m1/s1. The zero-order valence-electron chi connectivity index (χ0n) is 16.7. The van der Waals surface area contributed by atoms with Crippen molar-refractivity contribution in [3.63, 3.8) is 0 Å². The number of hydrogen-bond acceptors (Lipinski definition) is 4. The SMILES string of the molecule is CCCN1C[C@@H](CC(=O)N(CC)CCN(C)C)C[C@@H]2CC(=O)CC[C@H]21. The third-order valence-electron chi connectivity index (χ3n) is 5.88. The van der Waals surface area contributed by atoms with Crippen molar-refractivity contribution in [3.8, 4) is 0 Å². The molecule has 1 aliphatic heterocycles. The number of nitrogens with zero attached hydrogens (tertiary/aromatic N) is 3. The lowest BCUT2D eigenvalue weighted by molar-refractivity contribution is -0.133. The molecule has 1 saturated carbocycles. The third-order valence-corrected chi connectivity index (χ3v) is 5.88. The van der Waals surface area contributed by atoms with E-state index in [-0.39, 0.29) is 5.91 Å². The molecule has 1 aliphatic carbocycles. The number of ketones is 1. The Morgan fingerprint density at radius 2 is 2.00 bits per heavy atom. The molecule has 5 heteroatoms. The minimum Gasteiger partial charge on any atom is -0.342 e. The smallest absolute Gasteiger partial charge is 0.222 e. The highest BCUT2D eigenvalue weighted by molar-refractivity contribution is 5.79. The average molecular weight is 352 g/mol. The van der Waals surface area contributed by atoms with Crippen LogP contribution in [0.15, 0.2) is 0 Å². The first-order chi connectivity index (χ1) is 11.9. The monoisotopic (exact) mass is 351 g/mol. The molecule has 0 N–H and O–H groups in total. The summed E-state index contributed by atoms with van der Waals surface area (Å²) < 4.78 is 0. The Morgan fingerprint density at radius 1 is 1.24 bits per heavy atom. The van der Waals surface area contributed by atoms with Crippen LogP contribution in [0.3, 0.4) is 0 Å². The molecule has 1 heterocycles. The third kappa shape index (κ3) is 5.78.